The van der Waals surface area contributed by atoms with Gasteiger partial charge in [-0.05, 0) is 74.2 Å². The fraction of sp³-hybridized carbons (Fsp3) is 0.0667. The largest absolute Gasteiger partial charge is 0.506 e. The Hall–Kier alpha value is -1.37. The number of aromatic hydroxyl groups is 1. The summed E-state index contributed by atoms with van der Waals surface area (Å²) < 4.78 is 1.05. The molecule has 0 saturated heterocycles. The zero-order valence-electron chi connectivity index (χ0n) is 11.4. The van der Waals surface area contributed by atoms with E-state index in [1.165, 1.54) is 6.21 Å². The Morgan fingerprint density at radius 1 is 1.27 bits per heavy atom. The molecule has 2 aromatic rings. The Balaban J connectivity index is 2.10. The molecular formula is C15H11Br2ClN2O2. The molecular weight excluding hydrogens is 435 g/mol. The predicted octanol–water partition coefficient (Wildman–Crippen LogP) is 4.64. The molecule has 22 heavy (non-hydrogen) atoms. The first-order valence-corrected chi connectivity index (χ1v) is 8.12. The molecule has 0 aliphatic rings. The van der Waals surface area contributed by atoms with Crippen LogP contribution < -0.4 is 5.43 Å². The number of phenolic OH excluding ortho intramolecular Hbond substituents is 1. The van der Waals surface area contributed by atoms with Crippen molar-refractivity contribution in [2.75, 3.05) is 0 Å². The van der Waals surface area contributed by atoms with Gasteiger partial charge in [0.05, 0.1) is 25.7 Å². The number of phenols is 1. The van der Waals surface area contributed by atoms with Crippen LogP contribution in [0.3, 0.4) is 0 Å². The summed E-state index contributed by atoms with van der Waals surface area (Å²) in [7, 11) is 0. The van der Waals surface area contributed by atoms with Crippen molar-refractivity contribution in [1.29, 1.82) is 0 Å². The first kappa shape index (κ1) is 17.0. The normalized spacial score (nSPS) is 10.9. The van der Waals surface area contributed by atoms with Crippen LogP contribution in [0.25, 0.3) is 0 Å². The van der Waals surface area contributed by atoms with E-state index in [0.29, 0.717) is 25.1 Å². The Labute approximate surface area is 149 Å². The van der Waals surface area contributed by atoms with Crippen LogP contribution in [-0.2, 0) is 0 Å². The number of aryl methyl sites for hydroxylation is 1. The average molecular weight is 447 g/mol. The molecule has 2 N–H and O–H groups in total. The van der Waals surface area contributed by atoms with Crippen LogP contribution >= 0.6 is 43.5 Å². The summed E-state index contributed by atoms with van der Waals surface area (Å²) in [5.74, 6) is -0.286. The molecule has 0 aromatic heterocycles. The molecule has 4 nitrogen and oxygen atoms in total. The van der Waals surface area contributed by atoms with Gasteiger partial charge in [0.2, 0.25) is 0 Å². The SMILES string of the molecule is Cc1ccc(C(=O)NN=Cc2cc(Br)c(O)c(Br)c2)c(Cl)c1. The van der Waals surface area contributed by atoms with Gasteiger partial charge in [-0.25, -0.2) is 5.43 Å². The Bertz CT molecular complexity index is 740. The third-order valence-corrected chi connectivity index (χ3v) is 4.31. The third kappa shape index (κ3) is 4.09. The number of hydrogen-bond acceptors (Lipinski definition) is 3. The number of benzene rings is 2. The van der Waals surface area contributed by atoms with Crippen molar-refractivity contribution in [3.63, 3.8) is 0 Å². The number of carbonyl (C=O) groups is 1. The highest BCUT2D eigenvalue weighted by Gasteiger charge is 2.09. The maximum Gasteiger partial charge on any atom is 0.272 e. The van der Waals surface area contributed by atoms with Crippen molar-refractivity contribution >= 4 is 55.6 Å². The lowest BCUT2D eigenvalue weighted by atomic mass is 10.1. The van der Waals surface area contributed by atoms with E-state index in [0.717, 1.165) is 5.56 Å². The topological polar surface area (TPSA) is 61.7 Å². The van der Waals surface area contributed by atoms with Gasteiger partial charge >= 0.3 is 0 Å². The minimum Gasteiger partial charge on any atom is -0.506 e. The van der Waals surface area contributed by atoms with Crippen molar-refractivity contribution in [2.24, 2.45) is 5.10 Å². The summed E-state index contributed by atoms with van der Waals surface area (Å²) >= 11 is 12.5. The second-order valence-electron chi connectivity index (χ2n) is 4.52. The fourth-order valence-electron chi connectivity index (χ4n) is 1.69. The smallest absolute Gasteiger partial charge is 0.272 e. The number of hydrazone groups is 1. The van der Waals surface area contributed by atoms with Crippen molar-refractivity contribution in [1.82, 2.24) is 5.43 Å². The molecule has 0 aliphatic heterocycles. The molecule has 0 atom stereocenters. The second kappa shape index (κ2) is 7.26. The van der Waals surface area contributed by atoms with E-state index in [2.05, 4.69) is 42.4 Å². The van der Waals surface area contributed by atoms with Gasteiger partial charge < -0.3 is 5.11 Å². The van der Waals surface area contributed by atoms with Gasteiger partial charge in [0.25, 0.3) is 5.91 Å². The standard InChI is InChI=1S/C15H11Br2ClN2O2/c1-8-2-3-10(13(18)4-8)15(22)20-19-7-9-5-11(16)14(21)12(17)6-9/h2-7,21H,1H3,(H,20,22). The highest BCUT2D eigenvalue weighted by molar-refractivity contribution is 9.11. The number of rotatable bonds is 3. The number of amides is 1. The quantitative estimate of drug-likeness (QED) is 0.533. The average Bonchev–Trinajstić information content (AvgIpc) is 2.44. The number of nitrogens with zero attached hydrogens (tertiary/aromatic N) is 1. The van der Waals surface area contributed by atoms with E-state index < -0.39 is 5.91 Å². The number of carbonyl (C=O) groups excluding carboxylic acids is 1. The summed E-state index contributed by atoms with van der Waals surface area (Å²) in [6.45, 7) is 1.90. The van der Waals surface area contributed by atoms with Crippen LogP contribution in [0.15, 0.2) is 44.4 Å². The van der Waals surface area contributed by atoms with Gasteiger partial charge in [-0.3, -0.25) is 4.79 Å². The van der Waals surface area contributed by atoms with Crippen LogP contribution in [0.4, 0.5) is 0 Å². The van der Waals surface area contributed by atoms with Gasteiger partial charge in [0, 0.05) is 0 Å². The van der Waals surface area contributed by atoms with E-state index in [1.54, 1.807) is 30.3 Å². The maximum atomic E-state index is 12.0. The van der Waals surface area contributed by atoms with Gasteiger partial charge in [-0.1, -0.05) is 17.7 Å². The first-order chi connectivity index (χ1) is 10.4. The molecule has 0 saturated carbocycles. The van der Waals surface area contributed by atoms with Gasteiger partial charge in [0.15, 0.2) is 0 Å². The van der Waals surface area contributed by atoms with Gasteiger partial charge in [-0.2, -0.15) is 5.10 Å². The van der Waals surface area contributed by atoms with Crippen LogP contribution in [0.5, 0.6) is 5.75 Å². The lowest BCUT2D eigenvalue weighted by Gasteiger charge is -2.04. The number of halogens is 3. The third-order valence-electron chi connectivity index (χ3n) is 2.79. The summed E-state index contributed by atoms with van der Waals surface area (Å²) in [4.78, 5) is 12.0. The van der Waals surface area contributed by atoms with Crippen molar-refractivity contribution in [2.45, 2.75) is 6.92 Å². The maximum absolute atomic E-state index is 12.0. The highest BCUT2D eigenvalue weighted by Crippen LogP contribution is 2.32. The molecule has 1 amide bonds. The molecule has 0 unspecified atom stereocenters. The van der Waals surface area contributed by atoms with Gasteiger partial charge in [0.1, 0.15) is 5.75 Å². The molecule has 0 bridgehead atoms. The number of nitrogens with one attached hydrogen (secondary N) is 1. The molecule has 7 heteroatoms. The summed E-state index contributed by atoms with van der Waals surface area (Å²) in [6.07, 6.45) is 1.47. The summed E-state index contributed by atoms with van der Waals surface area (Å²) in [5, 5.41) is 13.9. The van der Waals surface area contributed by atoms with Crippen molar-refractivity contribution < 1.29 is 9.90 Å². The van der Waals surface area contributed by atoms with Crippen LogP contribution in [-0.4, -0.2) is 17.2 Å². The van der Waals surface area contributed by atoms with E-state index in [4.69, 9.17) is 11.6 Å². The van der Waals surface area contributed by atoms with Crippen molar-refractivity contribution in [3.8, 4) is 5.75 Å². The van der Waals surface area contributed by atoms with Crippen LogP contribution in [0.1, 0.15) is 21.5 Å². The Morgan fingerprint density at radius 2 is 1.91 bits per heavy atom. The second-order valence-corrected chi connectivity index (χ2v) is 6.63. The summed E-state index contributed by atoms with van der Waals surface area (Å²) in [5.41, 5.74) is 4.45. The Morgan fingerprint density at radius 3 is 2.50 bits per heavy atom. The fourth-order valence-corrected chi connectivity index (χ4v) is 3.23. The Kier molecular flexibility index (Phi) is 5.61. The minimum atomic E-state index is -0.391. The van der Waals surface area contributed by atoms with Crippen LogP contribution in [0.2, 0.25) is 5.02 Å². The zero-order valence-corrected chi connectivity index (χ0v) is 15.3. The van der Waals surface area contributed by atoms with E-state index in [9.17, 15) is 9.90 Å². The van der Waals surface area contributed by atoms with Crippen molar-refractivity contribution in [3.05, 3.63) is 61.0 Å². The first-order valence-electron chi connectivity index (χ1n) is 6.16. The molecule has 0 spiro atoms. The molecule has 0 fully saturated rings. The monoisotopic (exact) mass is 444 g/mol. The van der Waals surface area contributed by atoms with E-state index >= 15 is 0 Å². The molecule has 0 heterocycles. The van der Waals surface area contributed by atoms with Gasteiger partial charge in [-0.15, -0.1) is 0 Å². The van der Waals surface area contributed by atoms with E-state index in [1.807, 2.05) is 6.92 Å². The number of hydrogen-bond donors (Lipinski definition) is 2. The van der Waals surface area contributed by atoms with Crippen LogP contribution in [0, 0.1) is 6.92 Å². The molecule has 2 rings (SSSR count). The summed E-state index contributed by atoms with van der Waals surface area (Å²) in [6, 6.07) is 8.52. The lowest BCUT2D eigenvalue weighted by Crippen LogP contribution is -2.18. The molecule has 114 valence electrons. The molecule has 2 aromatic carbocycles. The zero-order chi connectivity index (χ0) is 16.3. The minimum absolute atomic E-state index is 0.104. The molecule has 0 aliphatic carbocycles. The lowest BCUT2D eigenvalue weighted by molar-refractivity contribution is 0.0955. The predicted molar refractivity (Wildman–Crippen MR) is 94.8 cm³/mol. The molecule has 0 radical (unpaired) electrons. The van der Waals surface area contributed by atoms with E-state index in [-0.39, 0.29) is 5.75 Å². The highest BCUT2D eigenvalue weighted by atomic mass is 79.9.